The van der Waals surface area contributed by atoms with Crippen LogP contribution in [-0.4, -0.2) is 57.0 Å². The molecule has 2 fully saturated rings. The summed E-state index contributed by atoms with van der Waals surface area (Å²) in [6.07, 6.45) is 3.48. The number of hydrogen-bond donors (Lipinski definition) is 2. The maximum absolute atomic E-state index is 10.5. The van der Waals surface area contributed by atoms with Crippen molar-refractivity contribution >= 4 is 16.2 Å². The van der Waals surface area contributed by atoms with Crippen molar-refractivity contribution in [1.82, 2.24) is 0 Å². The van der Waals surface area contributed by atoms with Crippen molar-refractivity contribution in [3.63, 3.8) is 0 Å². The van der Waals surface area contributed by atoms with E-state index in [1.165, 1.54) is 6.42 Å². The predicted octanol–water partition coefficient (Wildman–Crippen LogP) is 1.79. The molecule has 0 aromatic heterocycles. The molecule has 2 radical (unpaired) electrons. The minimum atomic E-state index is -2.32. The van der Waals surface area contributed by atoms with Crippen molar-refractivity contribution in [2.45, 2.75) is 82.0 Å². The van der Waals surface area contributed by atoms with Gasteiger partial charge in [0.05, 0.1) is 18.8 Å². The van der Waals surface area contributed by atoms with Gasteiger partial charge in [0.1, 0.15) is 14.0 Å². The van der Waals surface area contributed by atoms with Crippen molar-refractivity contribution in [1.29, 1.82) is 0 Å². The number of hydrogen-bond acceptors (Lipinski definition) is 4. The van der Waals surface area contributed by atoms with Crippen LogP contribution in [0.15, 0.2) is 0 Å². The van der Waals surface area contributed by atoms with E-state index in [1.54, 1.807) is 0 Å². The van der Waals surface area contributed by atoms with E-state index in [-0.39, 0.29) is 17.1 Å². The van der Waals surface area contributed by atoms with Gasteiger partial charge in [-0.15, -0.1) is 0 Å². The summed E-state index contributed by atoms with van der Waals surface area (Å²) in [5.74, 6) is -0.145. The molecule has 1 heterocycles. The van der Waals surface area contributed by atoms with Crippen LogP contribution in [0.2, 0.25) is 18.1 Å². The van der Waals surface area contributed by atoms with Crippen molar-refractivity contribution < 1.29 is 19.4 Å². The maximum atomic E-state index is 10.5. The van der Waals surface area contributed by atoms with E-state index in [9.17, 15) is 9.90 Å². The maximum Gasteiger partial charge on any atom is 0.188 e. The van der Waals surface area contributed by atoms with Gasteiger partial charge in [-0.3, -0.25) is 0 Å². The summed E-state index contributed by atoms with van der Waals surface area (Å²) in [6, 6.07) is -0.481. The summed E-state index contributed by atoms with van der Waals surface area (Å²) >= 11 is 0. The lowest BCUT2D eigenvalue weighted by molar-refractivity contribution is -0.0750. The van der Waals surface area contributed by atoms with E-state index < -0.39 is 20.4 Å². The highest BCUT2D eigenvalue weighted by Gasteiger charge is 2.47. The zero-order chi connectivity index (χ0) is 15.8. The Balaban J connectivity index is 1.91. The van der Waals surface area contributed by atoms with Gasteiger partial charge in [-0.1, -0.05) is 13.8 Å². The smallest absolute Gasteiger partial charge is 0.188 e. The first-order valence-electron chi connectivity index (χ1n) is 8.05. The molecular formula is C15H29BO4Si. The van der Waals surface area contributed by atoms with Crippen LogP contribution in [0.5, 0.6) is 0 Å². The molecular weight excluding hydrogens is 283 g/mol. The van der Waals surface area contributed by atoms with Gasteiger partial charge in [-0.05, 0) is 43.8 Å². The molecule has 2 aliphatic rings. The van der Waals surface area contributed by atoms with Gasteiger partial charge in [0.25, 0.3) is 0 Å². The number of ether oxygens (including phenoxy) is 2. The minimum Gasteiger partial charge on any atom is -0.432 e. The molecule has 2 N–H and O–H groups in total. The molecule has 4 nitrogen and oxygen atoms in total. The monoisotopic (exact) mass is 312 g/mol. The molecule has 6 heteroatoms. The zero-order valence-electron chi connectivity index (χ0n) is 13.7. The number of aliphatic hydroxyl groups is 1. The van der Waals surface area contributed by atoms with Crippen LogP contribution < -0.4 is 0 Å². The standard InChI is InChI=1S/C15H29BO4Si/c1-15(2,21(3,4)18)8-11-13(17)12(20-14(11)16)9-19-10-6-5-7-10/h10-14,17-18H,5-9H2,1-4H3. The van der Waals surface area contributed by atoms with Gasteiger partial charge < -0.3 is 19.4 Å². The first-order valence-corrected chi connectivity index (χ1v) is 11.0. The molecule has 4 unspecified atom stereocenters. The van der Waals surface area contributed by atoms with E-state index in [1.807, 2.05) is 13.1 Å². The van der Waals surface area contributed by atoms with Gasteiger partial charge >= 0.3 is 0 Å². The Labute approximate surface area is 130 Å². The fourth-order valence-electron chi connectivity index (χ4n) is 2.84. The largest absolute Gasteiger partial charge is 0.432 e. The van der Waals surface area contributed by atoms with E-state index in [0.717, 1.165) is 12.8 Å². The second-order valence-electron chi connectivity index (χ2n) is 7.83. The predicted molar refractivity (Wildman–Crippen MR) is 85.9 cm³/mol. The Morgan fingerprint density at radius 2 is 1.95 bits per heavy atom. The highest BCUT2D eigenvalue weighted by atomic mass is 28.4. The molecule has 0 bridgehead atoms. The highest BCUT2D eigenvalue weighted by molar-refractivity contribution is 6.72. The van der Waals surface area contributed by atoms with E-state index in [0.29, 0.717) is 19.1 Å². The van der Waals surface area contributed by atoms with Crippen molar-refractivity contribution in [2.75, 3.05) is 6.61 Å². The van der Waals surface area contributed by atoms with Crippen molar-refractivity contribution in [3.8, 4) is 0 Å². The Morgan fingerprint density at radius 1 is 1.33 bits per heavy atom. The lowest BCUT2D eigenvalue weighted by Crippen LogP contribution is -2.43. The molecule has 0 aromatic carbocycles. The van der Waals surface area contributed by atoms with E-state index in [4.69, 9.17) is 17.3 Å². The molecule has 1 aliphatic heterocycles. The number of aliphatic hydroxyl groups excluding tert-OH is 1. The summed E-state index contributed by atoms with van der Waals surface area (Å²) in [4.78, 5) is 10.4. The first-order chi connectivity index (χ1) is 9.62. The van der Waals surface area contributed by atoms with E-state index in [2.05, 4.69) is 13.8 Å². The van der Waals surface area contributed by atoms with Gasteiger partial charge in [0, 0.05) is 11.9 Å². The average molecular weight is 312 g/mol. The van der Waals surface area contributed by atoms with Crippen molar-refractivity contribution in [2.24, 2.45) is 5.92 Å². The topological polar surface area (TPSA) is 58.9 Å². The van der Waals surface area contributed by atoms with Crippen molar-refractivity contribution in [3.05, 3.63) is 0 Å². The Hall–Kier alpha value is 0.122. The van der Waals surface area contributed by atoms with Gasteiger partial charge in [0.15, 0.2) is 8.32 Å². The normalized spacial score (nSPS) is 35.0. The van der Waals surface area contributed by atoms with Crippen LogP contribution in [0.4, 0.5) is 0 Å². The lowest BCUT2D eigenvalue weighted by Gasteiger charge is -2.38. The molecule has 120 valence electrons. The molecule has 1 saturated carbocycles. The molecule has 1 aliphatic carbocycles. The third kappa shape index (κ3) is 3.91. The average Bonchev–Trinajstić information content (AvgIpc) is 2.53. The molecule has 0 aromatic rings. The fourth-order valence-corrected chi connectivity index (χ4v) is 3.57. The summed E-state index contributed by atoms with van der Waals surface area (Å²) in [7, 11) is 3.74. The van der Waals surface area contributed by atoms with Crippen LogP contribution in [0.25, 0.3) is 0 Å². The van der Waals surface area contributed by atoms with E-state index >= 15 is 0 Å². The van der Waals surface area contributed by atoms with Gasteiger partial charge in [-0.2, -0.15) is 0 Å². The molecule has 2 rings (SSSR count). The summed E-state index contributed by atoms with van der Waals surface area (Å²) in [5.41, 5.74) is 0. The minimum absolute atomic E-state index is 0.145. The molecule has 0 amide bonds. The Kier molecular flexibility index (Phi) is 5.26. The second-order valence-corrected chi connectivity index (χ2v) is 12.3. The zero-order valence-corrected chi connectivity index (χ0v) is 14.7. The second kappa shape index (κ2) is 6.32. The Bertz CT molecular complexity index is 354. The van der Waals surface area contributed by atoms with Crippen LogP contribution in [0, 0.1) is 5.92 Å². The Morgan fingerprint density at radius 3 is 2.43 bits per heavy atom. The lowest BCUT2D eigenvalue weighted by atomic mass is 9.79. The third-order valence-corrected chi connectivity index (χ3v) is 9.04. The first kappa shape index (κ1) is 17.5. The van der Waals surface area contributed by atoms with Gasteiger partial charge in [0.2, 0.25) is 0 Å². The summed E-state index contributed by atoms with van der Waals surface area (Å²) < 4.78 is 11.4. The quantitative estimate of drug-likeness (QED) is 0.734. The molecule has 4 atom stereocenters. The molecule has 0 spiro atoms. The highest BCUT2D eigenvalue weighted by Crippen LogP contribution is 2.45. The summed E-state index contributed by atoms with van der Waals surface area (Å²) in [5, 5.41) is 10.3. The van der Waals surface area contributed by atoms with Gasteiger partial charge in [-0.25, -0.2) is 0 Å². The fraction of sp³-hybridized carbons (Fsp3) is 1.00. The SMILES string of the molecule is [B]C1OC(COC2CCC2)C(O)C1CC(C)(C)[Si](C)(C)O. The molecule has 1 saturated heterocycles. The third-order valence-electron chi connectivity index (χ3n) is 5.52. The van der Waals surface area contributed by atoms with Crippen LogP contribution in [-0.2, 0) is 9.47 Å². The van der Waals surface area contributed by atoms with Crippen LogP contribution >= 0.6 is 0 Å². The summed E-state index contributed by atoms with van der Waals surface area (Å²) in [6.45, 7) is 8.37. The molecule has 21 heavy (non-hydrogen) atoms. The van der Waals surface area contributed by atoms with Crippen LogP contribution in [0.1, 0.15) is 39.5 Å². The number of rotatable bonds is 6. The van der Waals surface area contributed by atoms with Crippen LogP contribution in [0.3, 0.4) is 0 Å².